The van der Waals surface area contributed by atoms with Gasteiger partial charge in [-0.15, -0.1) is 0 Å². The van der Waals surface area contributed by atoms with Crippen molar-refractivity contribution in [2.45, 2.75) is 19.9 Å². The summed E-state index contributed by atoms with van der Waals surface area (Å²) in [6, 6.07) is 12.3. The number of aromatic hydroxyl groups is 1. The minimum atomic E-state index is -0.195. The van der Waals surface area contributed by atoms with Crippen LogP contribution < -0.4 is 9.64 Å². The number of hydrogen-bond donors (Lipinski definition) is 2. The minimum absolute atomic E-state index is 0.188. The maximum absolute atomic E-state index is 13.0. The highest BCUT2D eigenvalue weighted by Gasteiger charge is 2.17. The van der Waals surface area contributed by atoms with Crippen LogP contribution in [0.1, 0.15) is 24.5 Å². The number of phenolic OH excluding ortho intramolecular Hbond substituents is 1. The minimum Gasteiger partial charge on any atom is -0.504 e. The Morgan fingerprint density at radius 2 is 1.96 bits per heavy atom. The first-order chi connectivity index (χ1) is 11.7. The third kappa shape index (κ3) is 3.95. The number of hydrogen-bond acceptors (Lipinski definition) is 2. The summed E-state index contributed by atoms with van der Waals surface area (Å²) in [5, 5.41) is 9.78. The summed E-state index contributed by atoms with van der Waals surface area (Å²) in [4.78, 5) is 1.47. The summed E-state index contributed by atoms with van der Waals surface area (Å²) >= 11 is 0. The van der Waals surface area contributed by atoms with Crippen LogP contribution in [0.25, 0.3) is 5.57 Å². The summed E-state index contributed by atoms with van der Waals surface area (Å²) in [6.45, 7) is 5.32. The molecule has 0 aromatic heterocycles. The van der Waals surface area contributed by atoms with E-state index in [4.69, 9.17) is 4.74 Å². The number of quaternary nitrogens is 1. The van der Waals surface area contributed by atoms with Gasteiger partial charge in [0, 0.05) is 12.0 Å². The van der Waals surface area contributed by atoms with E-state index in [9.17, 15) is 9.50 Å². The van der Waals surface area contributed by atoms with Gasteiger partial charge in [-0.25, -0.2) is 4.39 Å². The first-order valence-electron chi connectivity index (χ1n) is 8.39. The molecule has 0 saturated carbocycles. The third-order valence-corrected chi connectivity index (χ3v) is 4.38. The Kier molecular flexibility index (Phi) is 5.16. The highest BCUT2D eigenvalue weighted by atomic mass is 19.1. The van der Waals surface area contributed by atoms with Crippen molar-refractivity contribution >= 4 is 5.57 Å². The van der Waals surface area contributed by atoms with Crippen LogP contribution in [0.3, 0.4) is 0 Å². The monoisotopic (exact) mass is 328 g/mol. The molecule has 0 fully saturated rings. The number of rotatable bonds is 5. The predicted molar refractivity (Wildman–Crippen MR) is 92.7 cm³/mol. The number of phenols is 1. The third-order valence-electron chi connectivity index (χ3n) is 4.38. The highest BCUT2D eigenvalue weighted by molar-refractivity contribution is 5.65. The van der Waals surface area contributed by atoms with Gasteiger partial charge in [-0.05, 0) is 54.5 Å². The fourth-order valence-electron chi connectivity index (χ4n) is 3.10. The van der Waals surface area contributed by atoms with Gasteiger partial charge >= 0.3 is 0 Å². The van der Waals surface area contributed by atoms with E-state index in [1.54, 1.807) is 6.07 Å². The van der Waals surface area contributed by atoms with Crippen molar-refractivity contribution in [2.75, 3.05) is 19.7 Å². The molecule has 0 spiro atoms. The van der Waals surface area contributed by atoms with E-state index in [2.05, 4.69) is 6.08 Å². The average molecular weight is 328 g/mol. The number of halogens is 1. The molecule has 1 aliphatic rings. The lowest BCUT2D eigenvalue weighted by Crippen LogP contribution is -3.11. The molecular formula is C20H23FNO2+. The van der Waals surface area contributed by atoms with Gasteiger partial charge in [0.25, 0.3) is 0 Å². The Hall–Kier alpha value is -2.33. The second-order valence-corrected chi connectivity index (χ2v) is 6.10. The van der Waals surface area contributed by atoms with Gasteiger partial charge in [-0.2, -0.15) is 0 Å². The molecule has 0 aliphatic carbocycles. The van der Waals surface area contributed by atoms with Crippen LogP contribution in [0.15, 0.2) is 48.5 Å². The Bertz CT molecular complexity index is 725. The summed E-state index contributed by atoms with van der Waals surface area (Å²) in [5.41, 5.74) is 3.56. The molecule has 1 heterocycles. The summed E-state index contributed by atoms with van der Waals surface area (Å²) < 4.78 is 18.5. The molecule has 2 aromatic carbocycles. The Morgan fingerprint density at radius 1 is 1.17 bits per heavy atom. The zero-order valence-electron chi connectivity index (χ0n) is 13.9. The van der Waals surface area contributed by atoms with E-state index < -0.39 is 0 Å². The Balaban J connectivity index is 1.64. The molecule has 0 amide bonds. The molecule has 3 nitrogen and oxygen atoms in total. The fourth-order valence-corrected chi connectivity index (χ4v) is 3.10. The molecule has 126 valence electrons. The molecule has 3 rings (SSSR count). The highest BCUT2D eigenvalue weighted by Crippen LogP contribution is 2.26. The Morgan fingerprint density at radius 3 is 2.62 bits per heavy atom. The molecule has 0 saturated heterocycles. The maximum Gasteiger partial charge on any atom is 0.161 e. The van der Waals surface area contributed by atoms with Crippen molar-refractivity contribution in [1.82, 2.24) is 0 Å². The van der Waals surface area contributed by atoms with Gasteiger partial charge in [0.05, 0.1) is 19.7 Å². The molecule has 1 unspecified atom stereocenters. The first kappa shape index (κ1) is 16.5. The number of benzene rings is 2. The second-order valence-electron chi connectivity index (χ2n) is 6.10. The quantitative estimate of drug-likeness (QED) is 0.885. The van der Waals surface area contributed by atoms with Crippen LogP contribution in [-0.4, -0.2) is 24.8 Å². The number of ether oxygens (including phenoxy) is 1. The van der Waals surface area contributed by atoms with Crippen LogP contribution in [0, 0.1) is 5.82 Å². The second kappa shape index (κ2) is 7.49. The molecule has 2 aromatic rings. The van der Waals surface area contributed by atoms with Crippen molar-refractivity contribution in [3.63, 3.8) is 0 Å². The predicted octanol–water partition coefficient (Wildman–Crippen LogP) is 2.80. The zero-order valence-corrected chi connectivity index (χ0v) is 13.9. The van der Waals surface area contributed by atoms with Gasteiger partial charge in [0.1, 0.15) is 12.4 Å². The van der Waals surface area contributed by atoms with Crippen LogP contribution in [0.2, 0.25) is 0 Å². The van der Waals surface area contributed by atoms with E-state index >= 15 is 0 Å². The average Bonchev–Trinajstić information content (AvgIpc) is 2.60. The molecule has 24 heavy (non-hydrogen) atoms. The van der Waals surface area contributed by atoms with Crippen molar-refractivity contribution in [3.05, 3.63) is 65.5 Å². The van der Waals surface area contributed by atoms with E-state index in [1.165, 1.54) is 22.6 Å². The standard InChI is InChI=1S/C20H22FNO2/c1-2-24-20-13-15(3-8-19(20)23)14-22-11-9-17(10-12-22)16-4-6-18(21)7-5-16/h3-9,13,23H,2,10-12,14H2,1H3/p+1. The SMILES string of the molecule is CCOc1cc(C[NH+]2CC=C(c3ccc(F)cc3)CC2)ccc1O. The molecule has 2 N–H and O–H groups in total. The lowest BCUT2D eigenvalue weighted by molar-refractivity contribution is -0.908. The van der Waals surface area contributed by atoms with Crippen molar-refractivity contribution in [3.8, 4) is 11.5 Å². The lowest BCUT2D eigenvalue weighted by atomic mass is 9.99. The van der Waals surface area contributed by atoms with Gasteiger partial charge in [0.15, 0.2) is 11.5 Å². The zero-order chi connectivity index (χ0) is 16.9. The number of nitrogens with one attached hydrogen (secondary N) is 1. The lowest BCUT2D eigenvalue weighted by Gasteiger charge is -2.24. The molecular weight excluding hydrogens is 305 g/mol. The van der Waals surface area contributed by atoms with Gasteiger partial charge in [0.2, 0.25) is 0 Å². The van der Waals surface area contributed by atoms with Crippen molar-refractivity contribution in [2.24, 2.45) is 0 Å². The van der Waals surface area contributed by atoms with Crippen LogP contribution >= 0.6 is 0 Å². The van der Waals surface area contributed by atoms with E-state index in [1.807, 2.05) is 31.2 Å². The van der Waals surface area contributed by atoms with Crippen molar-refractivity contribution < 1.29 is 19.1 Å². The molecule has 4 heteroatoms. The Labute approximate surface area is 142 Å². The van der Waals surface area contributed by atoms with E-state index in [-0.39, 0.29) is 11.6 Å². The topological polar surface area (TPSA) is 33.9 Å². The maximum atomic E-state index is 13.0. The molecule has 1 atom stereocenters. The fraction of sp³-hybridized carbons (Fsp3) is 0.300. The summed E-state index contributed by atoms with van der Waals surface area (Å²) in [5.74, 6) is 0.543. The normalized spacial score (nSPS) is 17.4. The molecule has 1 aliphatic heterocycles. The van der Waals surface area contributed by atoms with Gasteiger partial charge in [-0.3, -0.25) is 0 Å². The summed E-state index contributed by atoms with van der Waals surface area (Å²) in [7, 11) is 0. The molecule has 0 bridgehead atoms. The summed E-state index contributed by atoms with van der Waals surface area (Å²) in [6.07, 6.45) is 3.23. The van der Waals surface area contributed by atoms with E-state index in [0.717, 1.165) is 37.2 Å². The first-order valence-corrected chi connectivity index (χ1v) is 8.39. The molecule has 0 radical (unpaired) electrons. The van der Waals surface area contributed by atoms with Crippen LogP contribution in [0.4, 0.5) is 4.39 Å². The van der Waals surface area contributed by atoms with Gasteiger partial charge < -0.3 is 14.7 Å². The van der Waals surface area contributed by atoms with Crippen LogP contribution in [0.5, 0.6) is 11.5 Å². The van der Waals surface area contributed by atoms with E-state index in [0.29, 0.717) is 12.4 Å². The van der Waals surface area contributed by atoms with Gasteiger partial charge in [-0.1, -0.05) is 12.1 Å². The largest absolute Gasteiger partial charge is 0.504 e. The van der Waals surface area contributed by atoms with Crippen LogP contribution in [-0.2, 0) is 6.54 Å². The van der Waals surface area contributed by atoms with Crippen molar-refractivity contribution in [1.29, 1.82) is 0 Å². The smallest absolute Gasteiger partial charge is 0.161 e.